The Morgan fingerprint density at radius 3 is 0.728 bits per heavy atom. The van der Waals surface area contributed by atoms with Gasteiger partial charge in [-0.3, -0.25) is 14.4 Å². The van der Waals surface area contributed by atoms with Crippen LogP contribution >= 0.6 is 0 Å². The zero-order chi connectivity index (χ0) is 58.5. The predicted octanol–water partition coefficient (Wildman–Crippen LogP) is 24.9. The van der Waals surface area contributed by atoms with Crippen LogP contribution in [0.2, 0.25) is 0 Å². The largest absolute Gasteiger partial charge is 0.462 e. The molecule has 0 saturated carbocycles. The third-order valence-corrected chi connectivity index (χ3v) is 16.3. The third-order valence-electron chi connectivity index (χ3n) is 16.3. The standard InChI is InChI=1S/C75H138O6/c1-4-7-10-13-16-19-22-24-26-28-30-32-34-35-36-37-38-39-41-42-44-46-48-50-53-56-59-62-65-68-74(77)80-71-72(70-79-73(76)67-64-61-58-55-52-21-18-15-12-9-6-3)81-75(78)69-66-63-60-57-54-51-49-47-45-43-40-33-31-29-27-25-23-20-17-14-11-8-5-2/h15,18,23,25,28-31,72H,4-14,16-17,19-22,24,26-27,32-71H2,1-3H3/b18-15-,25-23-,30-28-,31-29-. The summed E-state index contributed by atoms with van der Waals surface area (Å²) in [6.45, 7) is 6.65. The minimum atomic E-state index is -0.777. The van der Waals surface area contributed by atoms with Crippen LogP contribution in [0.4, 0.5) is 0 Å². The number of carbonyl (C=O) groups excluding carboxylic acids is 3. The SMILES string of the molecule is CCCC/C=C\CCCCCCCC(=O)OCC(COC(=O)CCCCCCCCCCCCCCCCCCC/C=C\CCCCCCCCCC)OC(=O)CCCCCCCCCCCCC/C=C\C/C=C\CCCCCCC. The van der Waals surface area contributed by atoms with E-state index in [1.54, 1.807) is 0 Å². The molecule has 0 aliphatic rings. The Morgan fingerprint density at radius 2 is 0.457 bits per heavy atom. The monoisotopic (exact) mass is 1140 g/mol. The van der Waals surface area contributed by atoms with E-state index in [0.29, 0.717) is 19.3 Å². The maximum Gasteiger partial charge on any atom is 0.306 e. The molecule has 0 fully saturated rings. The molecule has 0 aliphatic carbocycles. The summed E-state index contributed by atoms with van der Waals surface area (Å²) in [6, 6.07) is 0. The molecular weight excluding hydrogens is 997 g/mol. The Kier molecular flexibility index (Phi) is 67.6. The molecule has 0 aromatic rings. The van der Waals surface area contributed by atoms with Crippen molar-refractivity contribution in [2.45, 2.75) is 399 Å². The van der Waals surface area contributed by atoms with E-state index in [1.165, 1.54) is 283 Å². The van der Waals surface area contributed by atoms with Crippen molar-refractivity contribution >= 4 is 17.9 Å². The number of hydrogen-bond donors (Lipinski definition) is 0. The van der Waals surface area contributed by atoms with Crippen LogP contribution in [0.25, 0.3) is 0 Å². The number of esters is 3. The molecule has 0 N–H and O–H groups in total. The summed E-state index contributed by atoms with van der Waals surface area (Å²) in [5, 5.41) is 0. The van der Waals surface area contributed by atoms with Crippen molar-refractivity contribution in [1.29, 1.82) is 0 Å². The second-order valence-corrected chi connectivity index (χ2v) is 24.5. The highest BCUT2D eigenvalue weighted by Gasteiger charge is 2.19. The quantitative estimate of drug-likeness (QED) is 0.0261. The molecule has 1 atom stereocenters. The molecule has 0 radical (unpaired) electrons. The van der Waals surface area contributed by atoms with E-state index in [2.05, 4.69) is 69.4 Å². The van der Waals surface area contributed by atoms with Gasteiger partial charge >= 0.3 is 17.9 Å². The number of carbonyl (C=O) groups is 3. The summed E-state index contributed by atoms with van der Waals surface area (Å²) in [7, 11) is 0. The Morgan fingerprint density at radius 1 is 0.247 bits per heavy atom. The molecule has 0 aromatic heterocycles. The van der Waals surface area contributed by atoms with Crippen molar-refractivity contribution in [3.05, 3.63) is 48.6 Å². The lowest BCUT2D eigenvalue weighted by Gasteiger charge is -2.18. The van der Waals surface area contributed by atoms with Gasteiger partial charge in [0.05, 0.1) is 0 Å². The number of unbranched alkanes of at least 4 members (excludes halogenated alkanes) is 48. The molecule has 0 aromatic carbocycles. The van der Waals surface area contributed by atoms with E-state index >= 15 is 0 Å². The maximum atomic E-state index is 12.9. The molecular formula is C75H138O6. The van der Waals surface area contributed by atoms with E-state index in [0.717, 1.165) is 70.6 Å². The minimum Gasteiger partial charge on any atom is -0.462 e. The maximum absolute atomic E-state index is 12.9. The van der Waals surface area contributed by atoms with Crippen molar-refractivity contribution in [3.63, 3.8) is 0 Å². The van der Waals surface area contributed by atoms with E-state index in [4.69, 9.17) is 14.2 Å². The highest BCUT2D eigenvalue weighted by Crippen LogP contribution is 2.18. The first-order valence-electron chi connectivity index (χ1n) is 36.1. The van der Waals surface area contributed by atoms with Crippen LogP contribution in [-0.4, -0.2) is 37.2 Å². The molecule has 0 amide bonds. The summed E-state index contributed by atoms with van der Waals surface area (Å²) in [5.74, 6) is -0.861. The Bertz CT molecular complexity index is 1400. The van der Waals surface area contributed by atoms with E-state index in [9.17, 15) is 14.4 Å². The molecule has 0 spiro atoms. The molecule has 0 bridgehead atoms. The number of rotatable bonds is 67. The van der Waals surface area contributed by atoms with Gasteiger partial charge in [0.25, 0.3) is 0 Å². The number of hydrogen-bond acceptors (Lipinski definition) is 6. The van der Waals surface area contributed by atoms with Gasteiger partial charge in [0.1, 0.15) is 13.2 Å². The highest BCUT2D eigenvalue weighted by atomic mass is 16.6. The van der Waals surface area contributed by atoms with E-state index < -0.39 is 6.10 Å². The lowest BCUT2D eigenvalue weighted by atomic mass is 10.0. The topological polar surface area (TPSA) is 78.9 Å². The van der Waals surface area contributed by atoms with Crippen LogP contribution in [-0.2, 0) is 28.6 Å². The molecule has 81 heavy (non-hydrogen) atoms. The minimum absolute atomic E-state index is 0.0727. The summed E-state index contributed by atoms with van der Waals surface area (Å²) in [6.07, 6.45) is 88.7. The summed E-state index contributed by atoms with van der Waals surface area (Å²) >= 11 is 0. The molecule has 474 valence electrons. The molecule has 0 heterocycles. The first-order chi connectivity index (χ1) is 40.0. The Hall–Kier alpha value is -2.63. The van der Waals surface area contributed by atoms with Gasteiger partial charge in [-0.05, 0) is 96.3 Å². The average Bonchev–Trinajstić information content (AvgIpc) is 3.47. The molecule has 1 unspecified atom stereocenters. The number of allylic oxidation sites excluding steroid dienone is 8. The molecule has 6 nitrogen and oxygen atoms in total. The second kappa shape index (κ2) is 69.9. The van der Waals surface area contributed by atoms with E-state index in [1.807, 2.05) is 0 Å². The van der Waals surface area contributed by atoms with Crippen LogP contribution in [0.15, 0.2) is 48.6 Å². The first kappa shape index (κ1) is 78.4. The van der Waals surface area contributed by atoms with Gasteiger partial charge in [0, 0.05) is 19.3 Å². The smallest absolute Gasteiger partial charge is 0.306 e. The Balaban J connectivity index is 4.16. The summed E-state index contributed by atoms with van der Waals surface area (Å²) in [5.41, 5.74) is 0. The zero-order valence-electron chi connectivity index (χ0n) is 54.6. The fourth-order valence-electron chi connectivity index (χ4n) is 10.8. The average molecular weight is 1140 g/mol. The lowest BCUT2D eigenvalue weighted by molar-refractivity contribution is -0.167. The highest BCUT2D eigenvalue weighted by molar-refractivity contribution is 5.71. The predicted molar refractivity (Wildman–Crippen MR) is 353 cm³/mol. The van der Waals surface area contributed by atoms with Crippen LogP contribution in [0, 0.1) is 0 Å². The van der Waals surface area contributed by atoms with Gasteiger partial charge in [-0.15, -0.1) is 0 Å². The van der Waals surface area contributed by atoms with Crippen molar-refractivity contribution in [1.82, 2.24) is 0 Å². The van der Waals surface area contributed by atoms with Gasteiger partial charge < -0.3 is 14.2 Å². The Labute approximate surface area is 505 Å². The number of ether oxygens (including phenoxy) is 3. The van der Waals surface area contributed by atoms with E-state index in [-0.39, 0.29) is 31.1 Å². The van der Waals surface area contributed by atoms with Gasteiger partial charge in [-0.25, -0.2) is 0 Å². The van der Waals surface area contributed by atoms with Crippen LogP contribution in [0.5, 0.6) is 0 Å². The fraction of sp³-hybridized carbons (Fsp3) is 0.853. The third kappa shape index (κ3) is 68.0. The van der Waals surface area contributed by atoms with Crippen LogP contribution in [0.1, 0.15) is 393 Å². The van der Waals surface area contributed by atoms with Gasteiger partial charge in [0.15, 0.2) is 6.10 Å². The first-order valence-corrected chi connectivity index (χ1v) is 36.1. The van der Waals surface area contributed by atoms with Crippen molar-refractivity contribution in [2.24, 2.45) is 0 Å². The second-order valence-electron chi connectivity index (χ2n) is 24.5. The van der Waals surface area contributed by atoms with Crippen LogP contribution < -0.4 is 0 Å². The van der Waals surface area contributed by atoms with Gasteiger partial charge in [-0.1, -0.05) is 326 Å². The molecule has 0 rings (SSSR count). The fourth-order valence-corrected chi connectivity index (χ4v) is 10.8. The molecule has 0 saturated heterocycles. The van der Waals surface area contributed by atoms with Crippen LogP contribution in [0.3, 0.4) is 0 Å². The molecule has 6 heteroatoms. The van der Waals surface area contributed by atoms with Crippen molar-refractivity contribution in [3.8, 4) is 0 Å². The summed E-state index contributed by atoms with van der Waals surface area (Å²) in [4.78, 5) is 38.4. The van der Waals surface area contributed by atoms with Crippen molar-refractivity contribution in [2.75, 3.05) is 13.2 Å². The van der Waals surface area contributed by atoms with Gasteiger partial charge in [-0.2, -0.15) is 0 Å². The zero-order valence-corrected chi connectivity index (χ0v) is 54.6. The lowest BCUT2D eigenvalue weighted by Crippen LogP contribution is -2.30. The van der Waals surface area contributed by atoms with Crippen molar-refractivity contribution < 1.29 is 28.6 Å². The molecule has 0 aliphatic heterocycles. The summed E-state index contributed by atoms with van der Waals surface area (Å²) < 4.78 is 17.0. The normalized spacial score (nSPS) is 12.3. The van der Waals surface area contributed by atoms with Gasteiger partial charge in [0.2, 0.25) is 0 Å².